The van der Waals surface area contributed by atoms with Crippen molar-refractivity contribution in [2.75, 3.05) is 14.2 Å². The third-order valence-electron chi connectivity index (χ3n) is 6.58. The van der Waals surface area contributed by atoms with Crippen molar-refractivity contribution in [3.05, 3.63) is 87.3 Å². The highest BCUT2D eigenvalue weighted by Crippen LogP contribution is 2.39. The van der Waals surface area contributed by atoms with Crippen LogP contribution >= 0.6 is 11.3 Å². The van der Waals surface area contributed by atoms with Crippen molar-refractivity contribution in [3.63, 3.8) is 0 Å². The van der Waals surface area contributed by atoms with E-state index in [0.29, 0.717) is 12.4 Å². The van der Waals surface area contributed by atoms with Crippen LogP contribution in [0.1, 0.15) is 51.2 Å². The van der Waals surface area contributed by atoms with Crippen molar-refractivity contribution >= 4 is 23.0 Å². The number of thiophene rings is 1. The number of rotatable bonds is 6. The summed E-state index contributed by atoms with van der Waals surface area (Å²) in [5.41, 5.74) is 7.47. The first kappa shape index (κ1) is 24.1. The van der Waals surface area contributed by atoms with E-state index in [-0.39, 0.29) is 12.4 Å². The summed E-state index contributed by atoms with van der Waals surface area (Å²) in [7, 11) is 3.09. The van der Waals surface area contributed by atoms with Gasteiger partial charge >= 0.3 is 5.97 Å². The van der Waals surface area contributed by atoms with Gasteiger partial charge in [0.25, 0.3) is 0 Å². The van der Waals surface area contributed by atoms with Crippen LogP contribution in [0.3, 0.4) is 0 Å². The van der Waals surface area contributed by atoms with E-state index in [1.165, 1.54) is 17.6 Å². The first-order valence-corrected chi connectivity index (χ1v) is 12.6. The Kier molecular flexibility index (Phi) is 6.55. The lowest BCUT2D eigenvalue weighted by Gasteiger charge is -2.12. The SMILES string of the molecule is COCc1ccc(-c2ccc(C3=N[C@@H](CC(=O)OC)c4nnc(C)n4-c4sc(C)c(C)c43)cc2)cc1. The lowest BCUT2D eigenvalue weighted by atomic mass is 9.96. The number of fused-ring (bicyclic) bond motifs is 3. The molecule has 0 unspecified atom stereocenters. The van der Waals surface area contributed by atoms with E-state index in [0.717, 1.165) is 44.4 Å². The van der Waals surface area contributed by atoms with Crippen LogP contribution in [0, 0.1) is 20.8 Å². The number of aryl methyl sites for hydroxylation is 2. The molecular weight excluding hydrogens is 472 g/mol. The molecule has 1 aliphatic heterocycles. The van der Waals surface area contributed by atoms with Gasteiger partial charge in [0.2, 0.25) is 0 Å². The molecule has 3 heterocycles. The van der Waals surface area contributed by atoms with E-state index in [2.05, 4.69) is 72.6 Å². The molecule has 0 saturated heterocycles. The first-order valence-electron chi connectivity index (χ1n) is 11.8. The Hall–Kier alpha value is -3.62. The molecule has 5 rings (SSSR count). The second-order valence-corrected chi connectivity index (χ2v) is 10.1. The van der Waals surface area contributed by atoms with Crippen molar-refractivity contribution in [2.45, 2.75) is 39.8 Å². The van der Waals surface area contributed by atoms with Gasteiger partial charge in [-0.25, -0.2) is 0 Å². The highest BCUT2D eigenvalue weighted by Gasteiger charge is 2.32. The molecule has 1 atom stereocenters. The van der Waals surface area contributed by atoms with Gasteiger partial charge in [-0.1, -0.05) is 48.5 Å². The van der Waals surface area contributed by atoms with Crippen molar-refractivity contribution in [3.8, 4) is 16.1 Å². The van der Waals surface area contributed by atoms with Crippen LogP contribution in [0.15, 0.2) is 53.5 Å². The van der Waals surface area contributed by atoms with Gasteiger partial charge in [-0.05, 0) is 43.0 Å². The lowest BCUT2D eigenvalue weighted by Crippen LogP contribution is -2.12. The molecule has 8 heteroatoms. The molecule has 0 fully saturated rings. The van der Waals surface area contributed by atoms with Crippen LogP contribution in [0.5, 0.6) is 0 Å². The average Bonchev–Trinajstić information content (AvgIpc) is 3.36. The molecular formula is C28H28N4O3S. The van der Waals surface area contributed by atoms with Gasteiger partial charge < -0.3 is 9.47 Å². The molecule has 2 aromatic carbocycles. The number of esters is 1. The van der Waals surface area contributed by atoms with Crippen molar-refractivity contribution < 1.29 is 14.3 Å². The number of ether oxygens (including phenoxy) is 2. The Labute approximate surface area is 214 Å². The summed E-state index contributed by atoms with van der Waals surface area (Å²) in [5.74, 6) is 1.09. The number of aromatic nitrogens is 3. The average molecular weight is 501 g/mol. The minimum atomic E-state index is -0.499. The van der Waals surface area contributed by atoms with E-state index in [1.807, 2.05) is 11.5 Å². The number of methoxy groups -OCH3 is 2. The molecule has 2 aromatic heterocycles. The smallest absolute Gasteiger partial charge is 0.308 e. The van der Waals surface area contributed by atoms with E-state index in [9.17, 15) is 4.79 Å². The van der Waals surface area contributed by atoms with E-state index in [4.69, 9.17) is 14.5 Å². The molecule has 0 radical (unpaired) electrons. The van der Waals surface area contributed by atoms with Gasteiger partial charge in [-0.3, -0.25) is 14.4 Å². The van der Waals surface area contributed by atoms with Crippen LogP contribution in [0.4, 0.5) is 0 Å². The molecule has 184 valence electrons. The summed E-state index contributed by atoms with van der Waals surface area (Å²) >= 11 is 1.70. The first-order chi connectivity index (χ1) is 17.4. The molecule has 0 amide bonds. The minimum Gasteiger partial charge on any atom is -0.469 e. The van der Waals surface area contributed by atoms with E-state index in [1.54, 1.807) is 18.4 Å². The molecule has 7 nitrogen and oxygen atoms in total. The van der Waals surface area contributed by atoms with Crippen molar-refractivity contribution in [1.82, 2.24) is 14.8 Å². The maximum atomic E-state index is 12.3. The molecule has 1 aliphatic rings. The Morgan fingerprint density at radius 1 is 0.944 bits per heavy atom. The van der Waals surface area contributed by atoms with Crippen LogP contribution in [0.2, 0.25) is 0 Å². The molecule has 4 aromatic rings. The van der Waals surface area contributed by atoms with Gasteiger partial charge in [0.05, 0.1) is 25.8 Å². The Morgan fingerprint density at radius 2 is 1.58 bits per heavy atom. The Bertz CT molecular complexity index is 1450. The maximum absolute atomic E-state index is 12.3. The van der Waals surface area contributed by atoms with Gasteiger partial charge in [0, 0.05) is 23.1 Å². The number of benzene rings is 2. The molecule has 0 bridgehead atoms. The summed E-state index contributed by atoms with van der Waals surface area (Å²) < 4.78 is 12.2. The van der Waals surface area contributed by atoms with E-state index < -0.39 is 6.04 Å². The van der Waals surface area contributed by atoms with Crippen molar-refractivity contribution in [1.29, 1.82) is 0 Å². The summed E-state index contributed by atoms with van der Waals surface area (Å²) in [6.45, 7) is 6.77. The lowest BCUT2D eigenvalue weighted by molar-refractivity contribution is -0.141. The fraction of sp³-hybridized carbons (Fsp3) is 0.286. The zero-order valence-electron chi connectivity index (χ0n) is 21.0. The largest absolute Gasteiger partial charge is 0.469 e. The number of hydrogen-bond donors (Lipinski definition) is 0. The summed E-state index contributed by atoms with van der Waals surface area (Å²) in [6.07, 6.45) is 0.0943. The molecule has 0 saturated carbocycles. The van der Waals surface area contributed by atoms with Crippen LogP contribution in [-0.2, 0) is 20.9 Å². The number of carbonyl (C=O) groups is 1. The fourth-order valence-corrected chi connectivity index (χ4v) is 5.76. The standard InChI is InChI=1S/C28H28N4O3S/c1-16-17(2)36-28-25(16)26(29-23(14-24(33)35-5)27-31-30-18(3)32(27)28)22-12-10-21(11-13-22)20-8-6-19(7-9-20)15-34-4/h6-13,23H,14-15H2,1-5H3/t23-/m0/s1. The Balaban J connectivity index is 1.61. The third kappa shape index (κ3) is 4.27. The number of aliphatic imine (C=N–C) groups is 1. The highest BCUT2D eigenvalue weighted by atomic mass is 32.1. The van der Waals surface area contributed by atoms with Gasteiger partial charge in [0.1, 0.15) is 16.9 Å². The number of carbonyl (C=O) groups excluding carboxylic acids is 1. The van der Waals surface area contributed by atoms with Crippen molar-refractivity contribution in [2.24, 2.45) is 4.99 Å². The third-order valence-corrected chi connectivity index (χ3v) is 7.78. The monoisotopic (exact) mass is 500 g/mol. The molecule has 0 N–H and O–H groups in total. The summed E-state index contributed by atoms with van der Waals surface area (Å²) in [4.78, 5) is 18.6. The molecule has 0 aliphatic carbocycles. The Morgan fingerprint density at radius 3 is 2.22 bits per heavy atom. The fourth-order valence-electron chi connectivity index (χ4n) is 4.55. The van der Waals surface area contributed by atoms with Crippen LogP contribution in [-0.4, -0.2) is 40.7 Å². The number of hydrogen-bond acceptors (Lipinski definition) is 7. The predicted octanol–water partition coefficient (Wildman–Crippen LogP) is 5.52. The number of nitrogens with zero attached hydrogens (tertiary/aromatic N) is 4. The van der Waals surface area contributed by atoms with Gasteiger partial charge in [-0.2, -0.15) is 0 Å². The second-order valence-electron chi connectivity index (χ2n) is 8.89. The predicted molar refractivity (Wildman–Crippen MR) is 141 cm³/mol. The molecule has 36 heavy (non-hydrogen) atoms. The zero-order chi connectivity index (χ0) is 25.4. The van der Waals surface area contributed by atoms with E-state index >= 15 is 0 Å². The quantitative estimate of drug-likeness (QED) is 0.326. The van der Waals surface area contributed by atoms with Gasteiger partial charge in [-0.15, -0.1) is 21.5 Å². The normalized spacial score (nSPS) is 14.6. The summed E-state index contributed by atoms with van der Waals surface area (Å²) in [6, 6.07) is 16.3. The molecule has 0 spiro atoms. The maximum Gasteiger partial charge on any atom is 0.308 e. The minimum absolute atomic E-state index is 0.0943. The summed E-state index contributed by atoms with van der Waals surface area (Å²) in [5, 5.41) is 9.77. The van der Waals surface area contributed by atoms with Crippen LogP contribution in [0.25, 0.3) is 16.1 Å². The van der Waals surface area contributed by atoms with Crippen LogP contribution < -0.4 is 0 Å². The highest BCUT2D eigenvalue weighted by molar-refractivity contribution is 7.15. The zero-order valence-corrected chi connectivity index (χ0v) is 21.8. The topological polar surface area (TPSA) is 78.6 Å². The van der Waals surface area contributed by atoms with Gasteiger partial charge in [0.15, 0.2) is 5.82 Å². The second kappa shape index (κ2) is 9.79.